The molecule has 0 rings (SSSR count). The van der Waals surface area contributed by atoms with E-state index in [1.165, 1.54) is 0 Å². The number of rotatable bonds is 0. The highest BCUT2D eigenvalue weighted by atomic mass is 19.4. The second kappa shape index (κ2) is 6.86. The van der Waals surface area contributed by atoms with Gasteiger partial charge in [-0.05, 0) is 13.8 Å². The van der Waals surface area contributed by atoms with Crippen LogP contribution in [0.4, 0.5) is 13.2 Å². The predicted octanol–water partition coefficient (Wildman–Crippen LogP) is 0.196. The van der Waals surface area contributed by atoms with Crippen LogP contribution in [0.1, 0.15) is 13.8 Å². The van der Waals surface area contributed by atoms with Gasteiger partial charge >= 0.3 is 12.1 Å². The molecule has 0 saturated heterocycles. The lowest BCUT2D eigenvalue weighted by Crippen LogP contribution is -2.21. The number of aliphatic hydroxyl groups excluding tert-OH is 1. The summed E-state index contributed by atoms with van der Waals surface area (Å²) in [6, 6.07) is 0. The standard InChI is InChI=1S/C3H8O.C2HF3O2.H2O/c1-3(2)4;3-2(4,5)1(6)7;/h3-4H,1-2H3;(H,6,7);1H2. The molecule has 0 radical (unpaired) electrons. The van der Waals surface area contributed by atoms with Crippen LogP contribution in [-0.4, -0.2) is 33.9 Å². The lowest BCUT2D eigenvalue weighted by atomic mass is 10.5. The van der Waals surface area contributed by atoms with Crippen molar-refractivity contribution in [2.24, 2.45) is 0 Å². The van der Waals surface area contributed by atoms with Gasteiger partial charge in [0, 0.05) is 6.10 Å². The first-order valence-electron chi connectivity index (χ1n) is 2.66. The number of hydrogen-bond acceptors (Lipinski definition) is 2. The minimum absolute atomic E-state index is 0. The largest absolute Gasteiger partial charge is 0.490 e. The normalized spacial score (nSPS) is 9.58. The molecule has 0 aromatic carbocycles. The lowest BCUT2D eigenvalue weighted by molar-refractivity contribution is -0.192. The first kappa shape index (κ1) is 17.3. The number of aliphatic carboxylic acids is 1. The molecule has 0 aliphatic rings. The van der Waals surface area contributed by atoms with Crippen molar-refractivity contribution in [1.82, 2.24) is 0 Å². The second-order valence-electron chi connectivity index (χ2n) is 1.90. The van der Waals surface area contributed by atoms with E-state index in [0.29, 0.717) is 0 Å². The maximum Gasteiger partial charge on any atom is 0.490 e. The maximum atomic E-state index is 10.6. The van der Waals surface area contributed by atoms with Gasteiger partial charge in [0.2, 0.25) is 0 Å². The van der Waals surface area contributed by atoms with Gasteiger partial charge in [0.25, 0.3) is 0 Å². The van der Waals surface area contributed by atoms with Crippen molar-refractivity contribution in [3.63, 3.8) is 0 Å². The van der Waals surface area contributed by atoms with Crippen LogP contribution in [0.25, 0.3) is 0 Å². The van der Waals surface area contributed by atoms with Crippen LogP contribution in [0.5, 0.6) is 0 Å². The minimum Gasteiger partial charge on any atom is -0.475 e. The highest BCUT2D eigenvalue weighted by Crippen LogP contribution is 2.13. The Morgan fingerprint density at radius 2 is 1.42 bits per heavy atom. The van der Waals surface area contributed by atoms with Gasteiger partial charge in [0.05, 0.1) is 0 Å². The average Bonchev–Trinajstić information content (AvgIpc) is 1.59. The first-order chi connectivity index (χ1) is 4.68. The topological polar surface area (TPSA) is 89.0 Å². The Hall–Kier alpha value is -0.820. The van der Waals surface area contributed by atoms with E-state index in [9.17, 15) is 13.2 Å². The van der Waals surface area contributed by atoms with Gasteiger partial charge in [0.15, 0.2) is 0 Å². The van der Waals surface area contributed by atoms with Gasteiger partial charge in [-0.15, -0.1) is 0 Å². The van der Waals surface area contributed by atoms with Gasteiger partial charge in [-0.1, -0.05) is 0 Å². The summed E-state index contributed by atoms with van der Waals surface area (Å²) in [7, 11) is 0. The van der Waals surface area contributed by atoms with E-state index in [2.05, 4.69) is 0 Å². The van der Waals surface area contributed by atoms with E-state index in [4.69, 9.17) is 15.0 Å². The molecule has 0 aliphatic heterocycles. The molecule has 4 nitrogen and oxygen atoms in total. The summed E-state index contributed by atoms with van der Waals surface area (Å²) in [6.45, 7) is 3.44. The summed E-state index contributed by atoms with van der Waals surface area (Å²) >= 11 is 0. The Labute approximate surface area is 66.9 Å². The van der Waals surface area contributed by atoms with Crippen molar-refractivity contribution in [3.8, 4) is 0 Å². The molecular weight excluding hydrogens is 181 g/mol. The number of carboxylic acid groups (broad SMARTS) is 1. The number of halogens is 3. The smallest absolute Gasteiger partial charge is 0.475 e. The van der Waals surface area contributed by atoms with Crippen molar-refractivity contribution in [2.75, 3.05) is 0 Å². The third-order valence-corrected chi connectivity index (χ3v) is 0.243. The van der Waals surface area contributed by atoms with E-state index in [0.717, 1.165) is 0 Å². The van der Waals surface area contributed by atoms with E-state index < -0.39 is 12.1 Å². The summed E-state index contributed by atoms with van der Waals surface area (Å²) in [5, 5.41) is 15.2. The zero-order valence-corrected chi connectivity index (χ0v) is 6.51. The molecule has 0 aliphatic carbocycles. The first-order valence-corrected chi connectivity index (χ1v) is 2.66. The number of carboxylic acids is 1. The van der Waals surface area contributed by atoms with Crippen LogP contribution in [-0.2, 0) is 4.79 Å². The molecular formula is C5H11F3O4. The third-order valence-electron chi connectivity index (χ3n) is 0.243. The molecule has 0 fully saturated rings. The molecule has 76 valence electrons. The lowest BCUT2D eigenvalue weighted by Gasteiger charge is -1.93. The number of aliphatic hydroxyl groups is 1. The fourth-order valence-corrected chi connectivity index (χ4v) is 0. The van der Waals surface area contributed by atoms with E-state index in [-0.39, 0.29) is 11.6 Å². The molecule has 0 aromatic heterocycles. The van der Waals surface area contributed by atoms with Crippen molar-refractivity contribution in [1.29, 1.82) is 0 Å². The van der Waals surface area contributed by atoms with Crippen molar-refractivity contribution >= 4 is 5.97 Å². The molecule has 0 amide bonds. The van der Waals surface area contributed by atoms with Crippen molar-refractivity contribution < 1.29 is 33.7 Å². The van der Waals surface area contributed by atoms with Crippen LogP contribution in [0, 0.1) is 0 Å². The Kier molecular flexibility index (Phi) is 9.90. The van der Waals surface area contributed by atoms with Crippen LogP contribution >= 0.6 is 0 Å². The summed E-state index contributed by atoms with van der Waals surface area (Å²) in [6.07, 6.45) is -5.25. The van der Waals surface area contributed by atoms with Crippen LogP contribution in [0.15, 0.2) is 0 Å². The number of hydrogen-bond donors (Lipinski definition) is 2. The van der Waals surface area contributed by atoms with Gasteiger partial charge in [0.1, 0.15) is 0 Å². The maximum absolute atomic E-state index is 10.6. The molecule has 0 aromatic rings. The van der Waals surface area contributed by atoms with Gasteiger partial charge < -0.3 is 15.7 Å². The molecule has 4 N–H and O–H groups in total. The zero-order valence-electron chi connectivity index (χ0n) is 6.51. The predicted molar refractivity (Wildman–Crippen MR) is 34.7 cm³/mol. The summed E-state index contributed by atoms with van der Waals surface area (Å²) in [4.78, 5) is 8.90. The van der Waals surface area contributed by atoms with Crippen LogP contribution < -0.4 is 0 Å². The molecule has 0 bridgehead atoms. The molecule has 0 heterocycles. The molecule has 0 unspecified atom stereocenters. The fraction of sp³-hybridized carbons (Fsp3) is 0.800. The Balaban J connectivity index is -0.000000142. The molecule has 0 atom stereocenters. The fourth-order valence-electron chi connectivity index (χ4n) is 0. The van der Waals surface area contributed by atoms with Gasteiger partial charge in [-0.3, -0.25) is 0 Å². The Morgan fingerprint density at radius 3 is 1.42 bits per heavy atom. The molecule has 12 heavy (non-hydrogen) atoms. The Bertz CT molecular complexity index is 118. The van der Waals surface area contributed by atoms with Gasteiger partial charge in [-0.25, -0.2) is 4.79 Å². The average molecular weight is 192 g/mol. The van der Waals surface area contributed by atoms with Gasteiger partial charge in [-0.2, -0.15) is 13.2 Å². The van der Waals surface area contributed by atoms with Crippen molar-refractivity contribution in [2.45, 2.75) is 26.1 Å². The van der Waals surface area contributed by atoms with E-state index in [1.807, 2.05) is 0 Å². The Morgan fingerprint density at radius 1 is 1.33 bits per heavy atom. The highest BCUT2D eigenvalue weighted by molar-refractivity contribution is 5.73. The number of alkyl halides is 3. The number of carbonyl (C=O) groups is 1. The SMILES string of the molecule is CC(C)O.O.O=C(O)C(F)(F)F. The highest BCUT2D eigenvalue weighted by Gasteiger charge is 2.38. The third kappa shape index (κ3) is 22.9. The monoisotopic (exact) mass is 192 g/mol. The zero-order chi connectivity index (χ0) is 9.65. The second-order valence-corrected chi connectivity index (χ2v) is 1.90. The summed E-state index contributed by atoms with van der Waals surface area (Å²) in [5.74, 6) is -2.76. The van der Waals surface area contributed by atoms with Crippen molar-refractivity contribution in [3.05, 3.63) is 0 Å². The van der Waals surface area contributed by atoms with E-state index >= 15 is 0 Å². The van der Waals surface area contributed by atoms with Crippen LogP contribution in [0.2, 0.25) is 0 Å². The molecule has 7 heteroatoms. The molecule has 0 saturated carbocycles. The summed E-state index contributed by atoms with van der Waals surface area (Å²) < 4.78 is 31.7. The quantitative estimate of drug-likeness (QED) is 0.574. The molecule has 0 spiro atoms. The van der Waals surface area contributed by atoms with Crippen LogP contribution in [0.3, 0.4) is 0 Å². The van der Waals surface area contributed by atoms with E-state index in [1.54, 1.807) is 13.8 Å². The summed E-state index contributed by atoms with van der Waals surface area (Å²) in [5.41, 5.74) is 0. The minimum atomic E-state index is -5.08.